The van der Waals surface area contributed by atoms with Gasteiger partial charge >= 0.3 is 0 Å². The summed E-state index contributed by atoms with van der Waals surface area (Å²) in [5, 5.41) is 2.90. The van der Waals surface area contributed by atoms with Crippen LogP contribution in [0.5, 0.6) is 11.5 Å². The van der Waals surface area contributed by atoms with E-state index in [0.717, 1.165) is 23.6 Å². The summed E-state index contributed by atoms with van der Waals surface area (Å²) in [6.07, 6.45) is 2.71. The maximum atomic E-state index is 13.9. The normalized spacial score (nSPS) is 14.3. The molecule has 0 unspecified atom stereocenters. The molecule has 1 aliphatic rings. The minimum atomic E-state index is -4.29. The second-order valence-corrected chi connectivity index (χ2v) is 14.0. The fourth-order valence-corrected chi connectivity index (χ4v) is 8.08. The molecular weight excluding hydrogens is 602 g/mol. The Morgan fingerprint density at radius 3 is 2.17 bits per heavy atom. The predicted molar refractivity (Wildman–Crippen MR) is 161 cm³/mol. The Bertz CT molecular complexity index is 1640. The molecule has 0 aromatic heterocycles. The van der Waals surface area contributed by atoms with Crippen molar-refractivity contribution in [3.05, 3.63) is 76.8 Å². The molecule has 0 bridgehead atoms. The molecule has 226 valence electrons. The van der Waals surface area contributed by atoms with Gasteiger partial charge in [0.05, 0.1) is 29.8 Å². The molecule has 0 atom stereocenters. The Balaban J connectivity index is 1.55. The number of piperidine rings is 1. The molecular formula is C29H34ClN3O7S2. The molecule has 13 heteroatoms. The van der Waals surface area contributed by atoms with E-state index in [0.29, 0.717) is 30.0 Å². The second-order valence-electron chi connectivity index (χ2n) is 9.87. The molecule has 42 heavy (non-hydrogen) atoms. The lowest BCUT2D eigenvalue weighted by Gasteiger charge is -2.26. The van der Waals surface area contributed by atoms with E-state index in [1.165, 1.54) is 54.9 Å². The van der Waals surface area contributed by atoms with Crippen molar-refractivity contribution in [3.63, 3.8) is 0 Å². The molecule has 1 aliphatic heterocycles. The second kappa shape index (κ2) is 13.3. The van der Waals surface area contributed by atoms with E-state index in [-0.39, 0.29) is 32.8 Å². The number of methoxy groups -OCH3 is 2. The van der Waals surface area contributed by atoms with Crippen molar-refractivity contribution in [1.29, 1.82) is 0 Å². The third-order valence-corrected chi connectivity index (χ3v) is 11.0. The molecule has 1 saturated heterocycles. The first kappa shape index (κ1) is 31.6. The maximum absolute atomic E-state index is 13.9. The number of rotatable bonds is 11. The molecule has 3 aromatic rings. The fourth-order valence-electron chi connectivity index (χ4n) is 4.65. The van der Waals surface area contributed by atoms with Crippen LogP contribution in [0.4, 0.5) is 5.69 Å². The highest BCUT2D eigenvalue weighted by Gasteiger charge is 2.31. The lowest BCUT2D eigenvalue weighted by Crippen LogP contribution is -2.40. The maximum Gasteiger partial charge on any atom is 0.268 e. The number of sulfonamides is 2. The van der Waals surface area contributed by atoms with Crippen molar-refractivity contribution >= 4 is 43.2 Å². The fraction of sp³-hybridized carbons (Fsp3) is 0.345. The first-order chi connectivity index (χ1) is 20.0. The minimum absolute atomic E-state index is 0.0634. The molecule has 0 saturated carbocycles. The van der Waals surface area contributed by atoms with Crippen LogP contribution in [0.2, 0.25) is 5.02 Å². The van der Waals surface area contributed by atoms with Gasteiger partial charge in [0.25, 0.3) is 10.0 Å². The van der Waals surface area contributed by atoms with Crippen LogP contribution in [-0.2, 0) is 31.4 Å². The predicted octanol–water partition coefficient (Wildman–Crippen LogP) is 4.35. The zero-order valence-corrected chi connectivity index (χ0v) is 26.1. The first-order valence-electron chi connectivity index (χ1n) is 13.3. The van der Waals surface area contributed by atoms with Gasteiger partial charge in [-0.2, -0.15) is 4.31 Å². The van der Waals surface area contributed by atoms with E-state index >= 15 is 0 Å². The van der Waals surface area contributed by atoms with Gasteiger partial charge in [-0.05, 0) is 73.4 Å². The minimum Gasteiger partial charge on any atom is -0.495 e. The van der Waals surface area contributed by atoms with Crippen molar-refractivity contribution in [1.82, 2.24) is 9.62 Å². The Morgan fingerprint density at radius 1 is 0.905 bits per heavy atom. The van der Waals surface area contributed by atoms with Crippen LogP contribution in [0.1, 0.15) is 30.4 Å². The third kappa shape index (κ3) is 7.00. The van der Waals surface area contributed by atoms with E-state index in [1.807, 2.05) is 0 Å². The van der Waals surface area contributed by atoms with Gasteiger partial charge in [-0.15, -0.1) is 0 Å². The summed E-state index contributed by atoms with van der Waals surface area (Å²) in [4.78, 5) is 13.2. The van der Waals surface area contributed by atoms with Gasteiger partial charge in [0, 0.05) is 19.6 Å². The first-order valence-corrected chi connectivity index (χ1v) is 16.6. The monoisotopic (exact) mass is 635 g/mol. The number of hydrogen-bond acceptors (Lipinski definition) is 7. The summed E-state index contributed by atoms with van der Waals surface area (Å²) >= 11 is 6.31. The number of carbonyl (C=O) groups is 1. The average molecular weight is 636 g/mol. The Labute approximate surface area is 252 Å². The van der Waals surface area contributed by atoms with E-state index in [9.17, 15) is 21.6 Å². The number of hydrogen-bond donors (Lipinski definition) is 1. The van der Waals surface area contributed by atoms with Crippen LogP contribution in [-0.4, -0.2) is 60.9 Å². The molecule has 1 N–H and O–H groups in total. The zero-order chi connectivity index (χ0) is 30.5. The molecule has 0 radical (unpaired) electrons. The Kier molecular flexibility index (Phi) is 10.0. The number of benzene rings is 3. The van der Waals surface area contributed by atoms with E-state index in [1.54, 1.807) is 31.2 Å². The molecule has 1 amide bonds. The van der Waals surface area contributed by atoms with Crippen molar-refractivity contribution in [3.8, 4) is 11.5 Å². The number of carbonyl (C=O) groups excluding carboxylic acids is 1. The van der Waals surface area contributed by atoms with E-state index in [2.05, 4.69) is 5.32 Å². The number of amides is 1. The van der Waals surface area contributed by atoms with Crippen molar-refractivity contribution in [2.75, 3.05) is 38.2 Å². The number of nitrogens with one attached hydrogen (secondary N) is 1. The van der Waals surface area contributed by atoms with Crippen LogP contribution in [0, 0.1) is 6.92 Å². The van der Waals surface area contributed by atoms with Crippen molar-refractivity contribution in [2.45, 2.75) is 42.5 Å². The summed E-state index contributed by atoms with van der Waals surface area (Å²) < 4.78 is 66.7. The molecule has 10 nitrogen and oxygen atoms in total. The number of halogens is 1. The van der Waals surface area contributed by atoms with Gasteiger partial charge in [-0.3, -0.25) is 9.10 Å². The number of nitrogens with zero attached hydrogens (tertiary/aromatic N) is 2. The topological polar surface area (TPSA) is 122 Å². The van der Waals surface area contributed by atoms with E-state index in [4.69, 9.17) is 21.1 Å². The Hall–Kier alpha value is -3.32. The highest BCUT2D eigenvalue weighted by Crippen LogP contribution is 2.34. The summed E-state index contributed by atoms with van der Waals surface area (Å²) in [5.41, 5.74) is 1.51. The molecule has 3 aromatic carbocycles. The lowest BCUT2D eigenvalue weighted by molar-refractivity contribution is -0.119. The molecule has 1 heterocycles. The third-order valence-electron chi connectivity index (χ3n) is 6.96. The van der Waals surface area contributed by atoms with Gasteiger partial charge in [0.1, 0.15) is 22.9 Å². The SMILES string of the molecule is COc1ccc(N(CC(=O)NCc2ccc(S(=O)(=O)N3CCCCC3)cc2)S(=O)(=O)c2cc(C)ccc2OC)cc1Cl. The summed E-state index contributed by atoms with van der Waals surface area (Å²) in [7, 11) is -5.05. The number of ether oxygens (including phenoxy) is 2. The van der Waals surface area contributed by atoms with Gasteiger partial charge in [0.15, 0.2) is 0 Å². The van der Waals surface area contributed by atoms with E-state index < -0.39 is 32.5 Å². The summed E-state index contributed by atoms with van der Waals surface area (Å²) in [5.74, 6) is -0.103. The largest absolute Gasteiger partial charge is 0.495 e. The summed E-state index contributed by atoms with van der Waals surface area (Å²) in [6.45, 7) is 2.28. The van der Waals surface area contributed by atoms with Crippen LogP contribution in [0.3, 0.4) is 0 Å². The molecule has 0 spiro atoms. The number of anilines is 1. The zero-order valence-electron chi connectivity index (χ0n) is 23.7. The highest BCUT2D eigenvalue weighted by atomic mass is 35.5. The smallest absolute Gasteiger partial charge is 0.268 e. The van der Waals surface area contributed by atoms with Gasteiger partial charge in [-0.1, -0.05) is 36.2 Å². The van der Waals surface area contributed by atoms with Crippen LogP contribution in [0.15, 0.2) is 70.5 Å². The highest BCUT2D eigenvalue weighted by molar-refractivity contribution is 7.93. The number of aryl methyl sites for hydroxylation is 1. The average Bonchev–Trinajstić information content (AvgIpc) is 2.99. The Morgan fingerprint density at radius 2 is 1.55 bits per heavy atom. The van der Waals surface area contributed by atoms with Crippen molar-refractivity contribution in [2.24, 2.45) is 0 Å². The lowest BCUT2D eigenvalue weighted by atomic mass is 10.2. The summed E-state index contributed by atoms with van der Waals surface area (Å²) in [6, 6.07) is 15.5. The standard InChI is InChI=1S/C29H34ClN3O7S2/c1-21-7-13-27(40-3)28(17-21)42(37,38)33(23-10-14-26(39-2)25(30)18-23)20-29(34)31-19-22-8-11-24(12-9-22)41(35,36)32-15-5-4-6-16-32/h7-14,17-18H,4-6,15-16,19-20H2,1-3H3,(H,31,34). The molecule has 0 aliphatic carbocycles. The van der Waals surface area contributed by atoms with Crippen LogP contribution >= 0.6 is 11.6 Å². The quantitative estimate of drug-likeness (QED) is 0.332. The molecule has 4 rings (SSSR count). The van der Waals surface area contributed by atoms with Crippen LogP contribution in [0.25, 0.3) is 0 Å². The molecule has 1 fully saturated rings. The van der Waals surface area contributed by atoms with Gasteiger partial charge < -0.3 is 14.8 Å². The van der Waals surface area contributed by atoms with Crippen molar-refractivity contribution < 1.29 is 31.1 Å². The van der Waals surface area contributed by atoms with Crippen LogP contribution < -0.4 is 19.1 Å². The van der Waals surface area contributed by atoms with Gasteiger partial charge in [-0.25, -0.2) is 16.8 Å². The van der Waals surface area contributed by atoms with Gasteiger partial charge in [0.2, 0.25) is 15.9 Å².